The number of fused-ring (bicyclic) bond motifs is 1. The van der Waals surface area contributed by atoms with E-state index in [-0.39, 0.29) is 0 Å². The lowest BCUT2D eigenvalue weighted by Crippen LogP contribution is -2.23. The van der Waals surface area contributed by atoms with Crippen molar-refractivity contribution in [2.75, 3.05) is 0 Å². The Bertz CT molecular complexity index is 437. The van der Waals surface area contributed by atoms with Gasteiger partial charge in [0.25, 0.3) is 0 Å². The summed E-state index contributed by atoms with van der Waals surface area (Å²) in [5.41, 5.74) is 2.26. The van der Waals surface area contributed by atoms with Crippen LogP contribution in [0.1, 0.15) is 13.3 Å². The average Bonchev–Trinajstić information content (AvgIpc) is 2.43. The molecule has 2 radical (unpaired) electrons. The van der Waals surface area contributed by atoms with E-state index < -0.39 is 0 Å². The summed E-state index contributed by atoms with van der Waals surface area (Å²) in [7, 11) is 5.92. The minimum atomic E-state index is 0.876. The van der Waals surface area contributed by atoms with Crippen molar-refractivity contribution in [3.63, 3.8) is 0 Å². The minimum Gasteiger partial charge on any atom is -0.361 e. The van der Waals surface area contributed by atoms with Crippen molar-refractivity contribution < 1.29 is 0 Å². The van der Waals surface area contributed by atoms with Crippen LogP contribution in [0.25, 0.3) is 11.5 Å². The molecule has 0 atom stereocenters. The zero-order valence-electron chi connectivity index (χ0n) is 7.09. The van der Waals surface area contributed by atoms with Gasteiger partial charge in [-0.1, -0.05) is 11.6 Å². The Morgan fingerprint density at radius 3 is 3.08 bits per heavy atom. The Kier molecular flexibility index (Phi) is 1.68. The molecule has 0 aliphatic heterocycles. The highest BCUT2D eigenvalue weighted by atomic mass is 14.6. The second kappa shape index (κ2) is 2.70. The number of rotatable bonds is 0. The highest BCUT2D eigenvalue weighted by molar-refractivity contribution is 6.38. The summed E-state index contributed by atoms with van der Waals surface area (Å²) in [6, 6.07) is 2.02. The van der Waals surface area contributed by atoms with Gasteiger partial charge in [-0.25, -0.2) is 0 Å². The summed E-state index contributed by atoms with van der Waals surface area (Å²) in [4.78, 5) is 3.15. The first-order chi connectivity index (χ1) is 5.77. The van der Waals surface area contributed by atoms with Gasteiger partial charge in [0.1, 0.15) is 7.85 Å². The smallest absolute Gasteiger partial charge is 0.109 e. The lowest BCUT2D eigenvalue weighted by Gasteiger charge is -1.97. The third-order valence-corrected chi connectivity index (χ3v) is 2.13. The van der Waals surface area contributed by atoms with E-state index in [4.69, 9.17) is 7.85 Å². The predicted octanol–water partition coefficient (Wildman–Crippen LogP) is 0.422. The van der Waals surface area contributed by atoms with Crippen LogP contribution in [0.15, 0.2) is 23.9 Å². The van der Waals surface area contributed by atoms with Gasteiger partial charge in [-0.15, -0.1) is 5.47 Å². The van der Waals surface area contributed by atoms with Gasteiger partial charge in [-0.3, -0.25) is 0 Å². The minimum absolute atomic E-state index is 0.876. The molecule has 0 spiro atoms. The first-order valence-electron chi connectivity index (χ1n) is 4.07. The number of aromatic amines is 1. The van der Waals surface area contributed by atoms with Crippen molar-refractivity contribution in [3.05, 3.63) is 34.5 Å². The first-order valence-corrected chi connectivity index (χ1v) is 4.07. The molecular formula is C10H10BN. The molecule has 0 saturated carbocycles. The van der Waals surface area contributed by atoms with Crippen molar-refractivity contribution in [2.24, 2.45) is 0 Å². The molecule has 0 aromatic carbocycles. The zero-order valence-corrected chi connectivity index (χ0v) is 7.09. The van der Waals surface area contributed by atoms with E-state index >= 15 is 0 Å². The van der Waals surface area contributed by atoms with E-state index in [0.717, 1.165) is 22.5 Å². The number of aromatic nitrogens is 1. The molecule has 2 rings (SSSR count). The second-order valence-electron chi connectivity index (χ2n) is 3.19. The summed E-state index contributed by atoms with van der Waals surface area (Å²) in [6.07, 6.45) is 6.98. The molecule has 0 bridgehead atoms. The van der Waals surface area contributed by atoms with Crippen LogP contribution in [-0.4, -0.2) is 12.8 Å². The number of hydrogen-bond donors (Lipinski definition) is 1. The van der Waals surface area contributed by atoms with E-state index in [1.165, 1.54) is 5.57 Å². The quantitative estimate of drug-likeness (QED) is 0.522. The maximum absolute atomic E-state index is 5.92. The molecule has 1 nitrogen and oxygen atoms in total. The molecule has 1 aromatic rings. The van der Waals surface area contributed by atoms with Crippen LogP contribution in [0.3, 0.4) is 0 Å². The van der Waals surface area contributed by atoms with Crippen LogP contribution in [0.2, 0.25) is 0 Å². The highest BCUT2D eigenvalue weighted by Crippen LogP contribution is 2.07. The number of hydrogen-bond acceptors (Lipinski definition) is 0. The molecule has 12 heavy (non-hydrogen) atoms. The summed E-state index contributed by atoms with van der Waals surface area (Å²) in [6.45, 7) is 2.09. The van der Waals surface area contributed by atoms with Crippen LogP contribution in [0.4, 0.5) is 0 Å². The molecule has 0 unspecified atom stereocenters. The van der Waals surface area contributed by atoms with Crippen LogP contribution >= 0.6 is 0 Å². The number of H-pyrrole nitrogens is 1. The maximum atomic E-state index is 5.92. The lowest BCUT2D eigenvalue weighted by atomic mass is 9.88. The average molecular weight is 155 g/mol. The molecule has 1 aromatic heterocycles. The van der Waals surface area contributed by atoms with E-state index in [9.17, 15) is 0 Å². The molecule has 0 amide bonds. The highest BCUT2D eigenvalue weighted by Gasteiger charge is 1.98. The van der Waals surface area contributed by atoms with Gasteiger partial charge in [-0.05, 0) is 30.7 Å². The molecular weight excluding hydrogens is 145 g/mol. The Labute approximate surface area is 72.9 Å². The monoisotopic (exact) mass is 155 g/mol. The van der Waals surface area contributed by atoms with E-state index in [2.05, 4.69) is 24.1 Å². The Balaban J connectivity index is 2.79. The maximum Gasteiger partial charge on any atom is 0.109 e. The van der Waals surface area contributed by atoms with Crippen molar-refractivity contribution >= 4 is 19.4 Å². The molecule has 0 fully saturated rings. The fourth-order valence-corrected chi connectivity index (χ4v) is 1.48. The molecule has 2 heteroatoms. The van der Waals surface area contributed by atoms with Crippen molar-refractivity contribution in [3.8, 4) is 0 Å². The largest absolute Gasteiger partial charge is 0.361 e. The first kappa shape index (κ1) is 7.47. The van der Waals surface area contributed by atoms with Gasteiger partial charge >= 0.3 is 0 Å². The third-order valence-electron chi connectivity index (χ3n) is 2.13. The van der Waals surface area contributed by atoms with Gasteiger partial charge in [-0.2, -0.15) is 0 Å². The topological polar surface area (TPSA) is 15.8 Å². The van der Waals surface area contributed by atoms with Crippen LogP contribution in [0, 0.1) is 0 Å². The van der Waals surface area contributed by atoms with Gasteiger partial charge in [0.2, 0.25) is 0 Å². The van der Waals surface area contributed by atoms with Gasteiger partial charge < -0.3 is 4.98 Å². The normalized spacial score (nSPS) is 16.1. The standard InChI is InChI=1S/C10H10BN/c1-7-2-3-10-8(4-5-12-10)9(11)6-7/h2-5,12H,6H2,1H3. The molecule has 58 valence electrons. The lowest BCUT2D eigenvalue weighted by molar-refractivity contribution is 1.26. The van der Waals surface area contributed by atoms with Gasteiger partial charge in [0.15, 0.2) is 0 Å². The van der Waals surface area contributed by atoms with E-state index in [1.54, 1.807) is 0 Å². The molecule has 1 aliphatic carbocycles. The predicted molar refractivity (Wildman–Crippen MR) is 52.0 cm³/mol. The SMILES string of the molecule is [B]C1=c2cc[nH]c2=CC=C(C)C1. The van der Waals surface area contributed by atoms with Crippen LogP contribution < -0.4 is 10.6 Å². The summed E-state index contributed by atoms with van der Waals surface area (Å²) in [5, 5.41) is 2.26. The zero-order chi connectivity index (χ0) is 8.55. The summed E-state index contributed by atoms with van der Waals surface area (Å²) < 4.78 is 0. The van der Waals surface area contributed by atoms with Crippen LogP contribution in [0.5, 0.6) is 0 Å². The second-order valence-corrected chi connectivity index (χ2v) is 3.19. The molecule has 1 aliphatic rings. The molecule has 1 heterocycles. The fourth-order valence-electron chi connectivity index (χ4n) is 1.48. The van der Waals surface area contributed by atoms with Crippen LogP contribution in [-0.2, 0) is 0 Å². The Morgan fingerprint density at radius 1 is 1.42 bits per heavy atom. The Hall–Kier alpha value is -1.18. The Morgan fingerprint density at radius 2 is 2.25 bits per heavy atom. The van der Waals surface area contributed by atoms with Gasteiger partial charge in [0, 0.05) is 11.5 Å². The van der Waals surface area contributed by atoms with Crippen molar-refractivity contribution in [1.29, 1.82) is 0 Å². The third kappa shape index (κ3) is 1.13. The van der Waals surface area contributed by atoms with E-state index in [0.29, 0.717) is 0 Å². The summed E-state index contributed by atoms with van der Waals surface area (Å²) in [5.74, 6) is 0. The van der Waals surface area contributed by atoms with E-state index in [1.807, 2.05) is 12.3 Å². The van der Waals surface area contributed by atoms with Gasteiger partial charge in [0.05, 0.1) is 0 Å². The fraction of sp³-hybridized carbons (Fsp3) is 0.200. The molecule has 1 N–H and O–H groups in total. The number of allylic oxidation sites excluding steroid dienone is 2. The number of nitrogens with one attached hydrogen (secondary N) is 1. The van der Waals surface area contributed by atoms with Crippen molar-refractivity contribution in [2.45, 2.75) is 13.3 Å². The molecule has 0 saturated heterocycles. The van der Waals surface area contributed by atoms with Crippen molar-refractivity contribution in [1.82, 2.24) is 4.98 Å². The summed E-state index contributed by atoms with van der Waals surface area (Å²) >= 11 is 0.